The van der Waals surface area contributed by atoms with Crippen molar-refractivity contribution in [2.75, 3.05) is 13.1 Å². The first-order chi connectivity index (χ1) is 13.5. The number of benzene rings is 2. The van der Waals surface area contributed by atoms with Crippen molar-refractivity contribution in [3.63, 3.8) is 0 Å². The molecule has 0 aliphatic heterocycles. The fourth-order valence-corrected chi connectivity index (χ4v) is 2.44. The highest BCUT2D eigenvalue weighted by atomic mass is 19.1. The molecule has 0 aliphatic rings. The SMILES string of the molecule is Cc1ccc(-c2noc(C(=O)NCCNC(=O)Cc3ccc(F)cc3)n2)cc1. The van der Waals surface area contributed by atoms with Crippen LogP contribution in [0.4, 0.5) is 4.39 Å². The molecule has 2 amide bonds. The van der Waals surface area contributed by atoms with Crippen LogP contribution in [-0.2, 0) is 11.2 Å². The first-order valence-corrected chi connectivity index (χ1v) is 8.71. The first kappa shape index (κ1) is 19.2. The first-order valence-electron chi connectivity index (χ1n) is 8.71. The molecule has 0 aliphatic carbocycles. The number of hydrogen-bond donors (Lipinski definition) is 2. The van der Waals surface area contributed by atoms with Gasteiger partial charge >= 0.3 is 11.8 Å². The van der Waals surface area contributed by atoms with E-state index >= 15 is 0 Å². The van der Waals surface area contributed by atoms with E-state index in [2.05, 4.69) is 20.8 Å². The van der Waals surface area contributed by atoms with Crippen LogP contribution < -0.4 is 10.6 Å². The van der Waals surface area contributed by atoms with Crippen LogP contribution in [0.25, 0.3) is 11.4 Å². The van der Waals surface area contributed by atoms with Gasteiger partial charge in [-0.3, -0.25) is 9.59 Å². The lowest BCUT2D eigenvalue weighted by Crippen LogP contribution is -2.35. The molecule has 0 unspecified atom stereocenters. The highest BCUT2D eigenvalue weighted by Gasteiger charge is 2.15. The summed E-state index contributed by atoms with van der Waals surface area (Å²) in [4.78, 5) is 28.0. The van der Waals surface area contributed by atoms with E-state index in [9.17, 15) is 14.0 Å². The molecular weight excluding hydrogens is 363 g/mol. The maximum atomic E-state index is 12.8. The normalized spacial score (nSPS) is 10.5. The van der Waals surface area contributed by atoms with Crippen molar-refractivity contribution in [2.24, 2.45) is 0 Å². The van der Waals surface area contributed by atoms with Crippen LogP contribution in [0.2, 0.25) is 0 Å². The van der Waals surface area contributed by atoms with Gasteiger partial charge in [-0.1, -0.05) is 47.1 Å². The Balaban J connectivity index is 1.42. The highest BCUT2D eigenvalue weighted by Crippen LogP contribution is 2.16. The number of halogens is 1. The fraction of sp³-hybridized carbons (Fsp3) is 0.200. The van der Waals surface area contributed by atoms with E-state index in [-0.39, 0.29) is 37.1 Å². The standard InChI is InChI=1S/C20H19FN4O3/c1-13-2-6-15(7-3-13)18-24-20(28-25-18)19(27)23-11-10-22-17(26)12-14-4-8-16(21)9-5-14/h2-9H,10-12H2,1H3,(H,22,26)(H,23,27). The van der Waals surface area contributed by atoms with E-state index < -0.39 is 5.91 Å². The summed E-state index contributed by atoms with van der Waals surface area (Å²) < 4.78 is 17.8. The molecule has 0 saturated heterocycles. The van der Waals surface area contributed by atoms with Crippen LogP contribution >= 0.6 is 0 Å². The van der Waals surface area contributed by atoms with Crippen molar-refractivity contribution < 1.29 is 18.5 Å². The topological polar surface area (TPSA) is 97.1 Å². The van der Waals surface area contributed by atoms with E-state index in [1.54, 1.807) is 12.1 Å². The Hall–Kier alpha value is -3.55. The summed E-state index contributed by atoms with van der Waals surface area (Å²) in [6, 6.07) is 13.2. The number of hydrogen-bond acceptors (Lipinski definition) is 5. The predicted octanol–water partition coefficient (Wildman–Crippen LogP) is 2.27. The molecule has 3 rings (SSSR count). The zero-order chi connectivity index (χ0) is 19.9. The lowest BCUT2D eigenvalue weighted by molar-refractivity contribution is -0.120. The Morgan fingerprint density at radius 2 is 1.68 bits per heavy atom. The summed E-state index contributed by atoms with van der Waals surface area (Å²) in [5.41, 5.74) is 2.56. The van der Waals surface area contributed by atoms with Gasteiger partial charge in [-0.05, 0) is 24.6 Å². The molecule has 1 aromatic heterocycles. The maximum absolute atomic E-state index is 12.8. The molecule has 0 radical (unpaired) electrons. The summed E-state index contributed by atoms with van der Waals surface area (Å²) >= 11 is 0. The minimum Gasteiger partial charge on any atom is -0.354 e. The Kier molecular flexibility index (Phi) is 6.11. The third-order valence-electron chi connectivity index (χ3n) is 3.94. The molecule has 2 N–H and O–H groups in total. The van der Waals surface area contributed by atoms with Crippen molar-refractivity contribution in [3.05, 3.63) is 71.4 Å². The van der Waals surface area contributed by atoms with Gasteiger partial charge in [0.25, 0.3) is 0 Å². The zero-order valence-corrected chi connectivity index (χ0v) is 15.2. The van der Waals surface area contributed by atoms with Crippen molar-refractivity contribution in [1.29, 1.82) is 0 Å². The molecule has 0 atom stereocenters. The lowest BCUT2D eigenvalue weighted by Gasteiger charge is -2.06. The number of aromatic nitrogens is 2. The number of nitrogens with one attached hydrogen (secondary N) is 2. The fourth-order valence-electron chi connectivity index (χ4n) is 2.44. The van der Waals surface area contributed by atoms with Gasteiger partial charge in [-0.25, -0.2) is 4.39 Å². The van der Waals surface area contributed by atoms with Gasteiger partial charge in [-0.15, -0.1) is 0 Å². The quantitative estimate of drug-likeness (QED) is 0.611. The Labute approximate surface area is 161 Å². The van der Waals surface area contributed by atoms with Gasteiger partial charge in [0, 0.05) is 18.7 Å². The molecule has 8 heteroatoms. The van der Waals surface area contributed by atoms with Gasteiger partial charge in [0.2, 0.25) is 11.7 Å². The molecule has 1 heterocycles. The minimum atomic E-state index is -0.515. The lowest BCUT2D eigenvalue weighted by atomic mass is 10.1. The van der Waals surface area contributed by atoms with Gasteiger partial charge in [0.1, 0.15) is 5.82 Å². The van der Waals surface area contributed by atoms with Crippen LogP contribution in [0.3, 0.4) is 0 Å². The van der Waals surface area contributed by atoms with Gasteiger partial charge in [0.05, 0.1) is 6.42 Å². The average molecular weight is 382 g/mol. The van der Waals surface area contributed by atoms with Crippen molar-refractivity contribution in [3.8, 4) is 11.4 Å². The van der Waals surface area contributed by atoms with E-state index in [4.69, 9.17) is 4.52 Å². The molecule has 144 valence electrons. The van der Waals surface area contributed by atoms with E-state index in [0.717, 1.165) is 11.1 Å². The van der Waals surface area contributed by atoms with Crippen molar-refractivity contribution in [1.82, 2.24) is 20.8 Å². The number of carbonyl (C=O) groups excluding carboxylic acids is 2. The average Bonchev–Trinajstić information content (AvgIpc) is 3.18. The molecular formula is C20H19FN4O3. The molecule has 28 heavy (non-hydrogen) atoms. The van der Waals surface area contributed by atoms with Crippen molar-refractivity contribution in [2.45, 2.75) is 13.3 Å². The predicted molar refractivity (Wildman–Crippen MR) is 99.9 cm³/mol. The summed E-state index contributed by atoms with van der Waals surface area (Å²) in [7, 11) is 0. The Morgan fingerprint density at radius 1 is 1.00 bits per heavy atom. The summed E-state index contributed by atoms with van der Waals surface area (Å²) in [5.74, 6) is -0.900. The third kappa shape index (κ3) is 5.23. The molecule has 0 bridgehead atoms. The highest BCUT2D eigenvalue weighted by molar-refractivity contribution is 5.89. The zero-order valence-electron chi connectivity index (χ0n) is 15.2. The van der Waals surface area contributed by atoms with Crippen LogP contribution in [0.15, 0.2) is 53.1 Å². The van der Waals surface area contributed by atoms with Crippen LogP contribution in [0, 0.1) is 12.7 Å². The van der Waals surface area contributed by atoms with Gasteiger partial charge in [0.15, 0.2) is 0 Å². The second-order valence-electron chi connectivity index (χ2n) is 6.20. The largest absolute Gasteiger partial charge is 0.354 e. The van der Waals surface area contributed by atoms with E-state index in [1.165, 1.54) is 12.1 Å². The Morgan fingerprint density at radius 3 is 2.39 bits per heavy atom. The van der Waals surface area contributed by atoms with Gasteiger partial charge in [-0.2, -0.15) is 4.98 Å². The molecule has 2 aromatic carbocycles. The minimum absolute atomic E-state index is 0.137. The molecule has 0 saturated carbocycles. The van der Waals surface area contributed by atoms with Crippen LogP contribution in [-0.4, -0.2) is 35.0 Å². The number of rotatable bonds is 7. The molecule has 7 nitrogen and oxygen atoms in total. The Bertz CT molecular complexity index is 952. The van der Waals surface area contributed by atoms with E-state index in [1.807, 2.05) is 31.2 Å². The second-order valence-corrected chi connectivity index (χ2v) is 6.20. The number of carbonyl (C=O) groups is 2. The molecule has 0 fully saturated rings. The van der Waals surface area contributed by atoms with Crippen molar-refractivity contribution >= 4 is 11.8 Å². The summed E-state index contributed by atoms with van der Waals surface area (Å²) in [6.07, 6.45) is 0.137. The number of aryl methyl sites for hydroxylation is 1. The smallest absolute Gasteiger partial charge is 0.316 e. The monoisotopic (exact) mass is 382 g/mol. The summed E-state index contributed by atoms with van der Waals surface area (Å²) in [5, 5.41) is 9.08. The van der Waals surface area contributed by atoms with Crippen LogP contribution in [0.1, 0.15) is 21.8 Å². The summed E-state index contributed by atoms with van der Waals surface area (Å²) in [6.45, 7) is 2.41. The second kappa shape index (κ2) is 8.90. The number of amides is 2. The molecule has 0 spiro atoms. The van der Waals surface area contributed by atoms with Gasteiger partial charge < -0.3 is 15.2 Å². The maximum Gasteiger partial charge on any atom is 0.316 e. The third-order valence-corrected chi connectivity index (χ3v) is 3.94. The van der Waals surface area contributed by atoms with Crippen LogP contribution in [0.5, 0.6) is 0 Å². The number of nitrogens with zero attached hydrogens (tertiary/aromatic N) is 2. The molecule has 3 aromatic rings. The van der Waals surface area contributed by atoms with E-state index in [0.29, 0.717) is 11.4 Å².